The summed E-state index contributed by atoms with van der Waals surface area (Å²) < 4.78 is 7.42. The number of fused-ring (bicyclic) bond motifs is 1. The van der Waals surface area contributed by atoms with E-state index in [1.807, 2.05) is 42.6 Å². The first-order valence-corrected chi connectivity index (χ1v) is 7.76. The fourth-order valence-corrected chi connectivity index (χ4v) is 2.87. The van der Waals surface area contributed by atoms with E-state index in [0.29, 0.717) is 6.54 Å². The molecular weight excluding hydrogens is 304 g/mol. The van der Waals surface area contributed by atoms with Crippen LogP contribution in [0.3, 0.4) is 0 Å². The van der Waals surface area contributed by atoms with Crippen LogP contribution in [0, 0.1) is 0 Å². The summed E-state index contributed by atoms with van der Waals surface area (Å²) in [5.74, 6) is -0.257. The number of carboxylic acid groups (broad SMARTS) is 1. The Morgan fingerprint density at radius 3 is 2.67 bits per heavy atom. The van der Waals surface area contributed by atoms with E-state index in [4.69, 9.17) is 15.6 Å². The third kappa shape index (κ3) is 3.26. The molecule has 0 aliphatic rings. The van der Waals surface area contributed by atoms with Gasteiger partial charge >= 0.3 is 5.97 Å². The molecule has 0 amide bonds. The van der Waals surface area contributed by atoms with Crippen molar-refractivity contribution in [3.8, 4) is 5.75 Å². The molecule has 0 saturated heterocycles. The molecule has 1 heterocycles. The number of nitrogens with two attached hydrogens (primary N) is 1. The first kappa shape index (κ1) is 16.1. The largest absolute Gasteiger partial charge is 0.497 e. The molecule has 0 spiro atoms. The fourth-order valence-electron chi connectivity index (χ4n) is 2.87. The molecule has 0 radical (unpaired) electrons. The van der Waals surface area contributed by atoms with Crippen LogP contribution in [0.5, 0.6) is 5.75 Å². The maximum absolute atomic E-state index is 11.1. The van der Waals surface area contributed by atoms with Crippen LogP contribution in [0.15, 0.2) is 54.7 Å². The third-order valence-corrected chi connectivity index (χ3v) is 4.12. The number of benzene rings is 2. The van der Waals surface area contributed by atoms with E-state index in [9.17, 15) is 4.79 Å². The molecule has 1 unspecified atom stereocenters. The lowest BCUT2D eigenvalue weighted by Crippen LogP contribution is -2.32. The number of rotatable bonds is 6. The van der Waals surface area contributed by atoms with Gasteiger partial charge in [-0.15, -0.1) is 0 Å². The number of carboxylic acids is 1. The van der Waals surface area contributed by atoms with Crippen LogP contribution in [0.4, 0.5) is 0 Å². The van der Waals surface area contributed by atoms with E-state index in [0.717, 1.165) is 22.2 Å². The van der Waals surface area contributed by atoms with Crippen molar-refractivity contribution in [1.82, 2.24) is 4.57 Å². The topological polar surface area (TPSA) is 77.5 Å². The predicted molar refractivity (Wildman–Crippen MR) is 93.3 cm³/mol. The first-order chi connectivity index (χ1) is 11.6. The summed E-state index contributed by atoms with van der Waals surface area (Å²) in [5, 5.41) is 10.1. The summed E-state index contributed by atoms with van der Waals surface area (Å²) in [7, 11) is 1.62. The summed E-state index contributed by atoms with van der Waals surface area (Å²) in [6.45, 7) is 0.714. The maximum Gasteiger partial charge on any atom is 0.320 e. The van der Waals surface area contributed by atoms with Gasteiger partial charge in [-0.1, -0.05) is 30.3 Å². The highest BCUT2D eigenvalue weighted by Gasteiger charge is 2.17. The van der Waals surface area contributed by atoms with Gasteiger partial charge in [-0.25, -0.2) is 0 Å². The molecule has 1 aromatic heterocycles. The lowest BCUT2D eigenvalue weighted by molar-refractivity contribution is -0.138. The Morgan fingerprint density at radius 1 is 1.25 bits per heavy atom. The first-order valence-electron chi connectivity index (χ1n) is 7.76. The highest BCUT2D eigenvalue weighted by atomic mass is 16.5. The Labute approximate surface area is 140 Å². The molecule has 24 heavy (non-hydrogen) atoms. The average Bonchev–Trinajstić information content (AvgIpc) is 2.92. The smallest absolute Gasteiger partial charge is 0.320 e. The Kier molecular flexibility index (Phi) is 4.53. The molecule has 2 aromatic carbocycles. The van der Waals surface area contributed by atoms with E-state index in [-0.39, 0.29) is 6.42 Å². The zero-order valence-corrected chi connectivity index (χ0v) is 13.5. The van der Waals surface area contributed by atoms with Crippen molar-refractivity contribution in [2.45, 2.75) is 19.0 Å². The van der Waals surface area contributed by atoms with E-state index < -0.39 is 12.0 Å². The van der Waals surface area contributed by atoms with Gasteiger partial charge < -0.3 is 20.1 Å². The number of nitrogens with zero attached hydrogens (tertiary/aromatic N) is 1. The highest BCUT2D eigenvalue weighted by Crippen LogP contribution is 2.27. The number of ether oxygens (including phenoxy) is 1. The van der Waals surface area contributed by atoms with Crippen LogP contribution in [0.1, 0.15) is 11.1 Å². The molecule has 3 N–H and O–H groups in total. The molecule has 0 fully saturated rings. The molecule has 5 heteroatoms. The second-order valence-corrected chi connectivity index (χ2v) is 5.80. The van der Waals surface area contributed by atoms with Crippen molar-refractivity contribution < 1.29 is 14.6 Å². The number of aliphatic carboxylic acids is 1. The lowest BCUT2D eigenvalue weighted by Gasteiger charge is -2.06. The number of carbonyl (C=O) groups is 1. The van der Waals surface area contributed by atoms with Crippen LogP contribution < -0.4 is 10.5 Å². The summed E-state index contributed by atoms with van der Waals surface area (Å²) in [6, 6.07) is 15.0. The van der Waals surface area contributed by atoms with Crippen molar-refractivity contribution >= 4 is 16.9 Å². The maximum atomic E-state index is 11.1. The zero-order valence-electron chi connectivity index (χ0n) is 13.5. The van der Waals surface area contributed by atoms with Gasteiger partial charge in [0, 0.05) is 30.1 Å². The van der Waals surface area contributed by atoms with Gasteiger partial charge in [0.15, 0.2) is 0 Å². The molecule has 0 bridgehead atoms. The number of hydrogen-bond donors (Lipinski definition) is 2. The van der Waals surface area contributed by atoms with Gasteiger partial charge in [0.2, 0.25) is 0 Å². The normalized spacial score (nSPS) is 12.2. The Bertz CT molecular complexity index is 856. The zero-order chi connectivity index (χ0) is 17.1. The molecule has 0 aliphatic carbocycles. The molecular formula is C19H20N2O3. The van der Waals surface area contributed by atoms with E-state index in [1.54, 1.807) is 7.11 Å². The third-order valence-electron chi connectivity index (χ3n) is 4.12. The fraction of sp³-hybridized carbons (Fsp3) is 0.211. The van der Waals surface area contributed by atoms with Crippen molar-refractivity contribution in [2.24, 2.45) is 5.73 Å². The minimum absolute atomic E-state index is 0.279. The van der Waals surface area contributed by atoms with Crippen LogP contribution >= 0.6 is 0 Å². The van der Waals surface area contributed by atoms with Gasteiger partial charge in [-0.2, -0.15) is 0 Å². The van der Waals surface area contributed by atoms with Gasteiger partial charge in [0.25, 0.3) is 0 Å². The Balaban J connectivity index is 2.04. The second kappa shape index (κ2) is 6.76. The summed E-state index contributed by atoms with van der Waals surface area (Å²) in [4.78, 5) is 11.1. The molecule has 3 aromatic rings. The van der Waals surface area contributed by atoms with Crippen molar-refractivity contribution in [2.75, 3.05) is 7.11 Å². The molecule has 0 saturated carbocycles. The quantitative estimate of drug-likeness (QED) is 0.731. The average molecular weight is 324 g/mol. The monoisotopic (exact) mass is 324 g/mol. The minimum atomic E-state index is -0.998. The number of methoxy groups -OCH3 is 1. The second-order valence-electron chi connectivity index (χ2n) is 5.80. The molecule has 5 nitrogen and oxygen atoms in total. The highest BCUT2D eigenvalue weighted by molar-refractivity contribution is 5.86. The van der Waals surface area contributed by atoms with Crippen molar-refractivity contribution in [3.05, 3.63) is 65.9 Å². The van der Waals surface area contributed by atoms with Gasteiger partial charge in [-0.05, 0) is 29.3 Å². The summed E-state index contributed by atoms with van der Waals surface area (Å²) in [6.07, 6.45) is 2.26. The molecule has 124 valence electrons. The van der Waals surface area contributed by atoms with E-state index in [2.05, 4.69) is 16.7 Å². The summed E-state index contributed by atoms with van der Waals surface area (Å²) in [5.41, 5.74) is 8.86. The summed E-state index contributed by atoms with van der Waals surface area (Å²) >= 11 is 0. The van der Waals surface area contributed by atoms with Crippen LogP contribution in [0.2, 0.25) is 0 Å². The van der Waals surface area contributed by atoms with Crippen LogP contribution in [0.25, 0.3) is 10.9 Å². The molecule has 0 aliphatic heterocycles. The Morgan fingerprint density at radius 2 is 2.00 bits per heavy atom. The van der Waals surface area contributed by atoms with Crippen LogP contribution in [-0.4, -0.2) is 28.8 Å². The SMILES string of the molecule is COc1ccc2c(c1)c(CC(N)C(=O)O)cn2Cc1ccccc1. The van der Waals surface area contributed by atoms with Gasteiger partial charge in [0.1, 0.15) is 11.8 Å². The molecule has 3 rings (SSSR count). The van der Waals surface area contributed by atoms with Gasteiger partial charge in [0.05, 0.1) is 7.11 Å². The Hall–Kier alpha value is -2.79. The lowest BCUT2D eigenvalue weighted by atomic mass is 10.1. The number of aromatic nitrogens is 1. The van der Waals surface area contributed by atoms with Crippen molar-refractivity contribution in [3.63, 3.8) is 0 Å². The standard InChI is InChI=1S/C19H20N2O3/c1-24-15-7-8-18-16(10-15)14(9-17(20)19(22)23)12-21(18)11-13-5-3-2-4-6-13/h2-8,10,12,17H,9,11,20H2,1H3,(H,22,23). The van der Waals surface area contributed by atoms with Gasteiger partial charge in [-0.3, -0.25) is 4.79 Å². The van der Waals surface area contributed by atoms with E-state index >= 15 is 0 Å². The van der Waals surface area contributed by atoms with E-state index in [1.165, 1.54) is 5.56 Å². The van der Waals surface area contributed by atoms with Crippen molar-refractivity contribution in [1.29, 1.82) is 0 Å². The minimum Gasteiger partial charge on any atom is -0.497 e. The van der Waals surface area contributed by atoms with Crippen LogP contribution in [-0.2, 0) is 17.8 Å². The molecule has 1 atom stereocenters. The number of hydrogen-bond acceptors (Lipinski definition) is 3. The predicted octanol–water partition coefficient (Wildman–Crippen LogP) is 2.65.